The third kappa shape index (κ3) is 6.66. The summed E-state index contributed by atoms with van der Waals surface area (Å²) in [4.78, 5) is 46.3. The normalized spacial score (nSPS) is 24.4. The first-order chi connectivity index (χ1) is 22.5. The van der Waals surface area contributed by atoms with Gasteiger partial charge < -0.3 is 20.2 Å². The summed E-state index contributed by atoms with van der Waals surface area (Å²) < 4.78 is 28.2. The molecular formula is C32H36Cl2N6O6S. The molecule has 5 aliphatic rings. The Hall–Kier alpha value is -3.44. The van der Waals surface area contributed by atoms with E-state index in [0.29, 0.717) is 42.4 Å². The number of nitrogens with zero attached hydrogens (tertiary/aromatic N) is 5. The van der Waals surface area contributed by atoms with E-state index in [1.807, 2.05) is 0 Å². The van der Waals surface area contributed by atoms with Gasteiger partial charge in [0, 0.05) is 50.6 Å². The third-order valence-electron chi connectivity index (χ3n) is 10.00. The number of carboxylic acid groups (broad SMARTS) is 1. The quantitative estimate of drug-likeness (QED) is 0.309. The van der Waals surface area contributed by atoms with E-state index in [4.69, 9.17) is 33.1 Å². The largest absolute Gasteiger partial charge is 0.483 e. The number of hydrogen-bond donors (Lipinski definition) is 2. The SMILES string of the molecule is N#CC1(NC(=O)[C@@H]2C[C@@H](S(=O)(=O)c3ccc(N4CCN(C5CC5)CC4)cc3Cl)CN2C(=O)C2(c3ccc(Cl)nc3)CC2)CC1.O=CO. The van der Waals surface area contributed by atoms with Crippen LogP contribution in [0.15, 0.2) is 41.4 Å². The summed E-state index contributed by atoms with van der Waals surface area (Å²) in [5, 5.41) is 18.6. The number of rotatable bonds is 8. The minimum Gasteiger partial charge on any atom is -0.483 e. The second-order valence-electron chi connectivity index (χ2n) is 13.0. The molecule has 12 nitrogen and oxygen atoms in total. The molecule has 0 bridgehead atoms. The van der Waals surface area contributed by atoms with Gasteiger partial charge in [-0.1, -0.05) is 29.3 Å². The molecule has 2 aromatic rings. The number of anilines is 1. The Morgan fingerprint density at radius 1 is 1.06 bits per heavy atom. The average molecular weight is 704 g/mol. The van der Waals surface area contributed by atoms with Gasteiger partial charge >= 0.3 is 0 Å². The monoisotopic (exact) mass is 702 g/mol. The van der Waals surface area contributed by atoms with Crippen LogP contribution in [0.25, 0.3) is 0 Å². The van der Waals surface area contributed by atoms with Crippen LogP contribution in [0.1, 0.15) is 50.5 Å². The number of halogens is 2. The van der Waals surface area contributed by atoms with Crippen molar-refractivity contribution in [3.05, 3.63) is 52.3 Å². The van der Waals surface area contributed by atoms with Crippen LogP contribution in [-0.4, -0.2) is 102 Å². The first kappa shape index (κ1) is 33.5. The number of nitriles is 1. The van der Waals surface area contributed by atoms with Crippen LogP contribution < -0.4 is 10.2 Å². The highest BCUT2D eigenvalue weighted by molar-refractivity contribution is 7.92. The van der Waals surface area contributed by atoms with Crippen LogP contribution in [0.4, 0.5) is 5.69 Å². The lowest BCUT2D eigenvalue weighted by Crippen LogP contribution is -2.51. The molecule has 47 heavy (non-hydrogen) atoms. The Morgan fingerprint density at radius 2 is 1.74 bits per heavy atom. The minimum absolute atomic E-state index is 0.00304. The lowest BCUT2D eigenvalue weighted by Gasteiger charge is -2.36. The van der Waals surface area contributed by atoms with E-state index in [0.717, 1.165) is 31.9 Å². The van der Waals surface area contributed by atoms with E-state index in [1.54, 1.807) is 36.5 Å². The Balaban J connectivity index is 0.00000124. The van der Waals surface area contributed by atoms with Gasteiger partial charge in [-0.2, -0.15) is 5.26 Å². The molecule has 1 aromatic carbocycles. The fourth-order valence-electron chi connectivity index (χ4n) is 6.77. The maximum absolute atomic E-state index is 14.1. The predicted molar refractivity (Wildman–Crippen MR) is 174 cm³/mol. The van der Waals surface area contributed by atoms with E-state index in [1.165, 1.54) is 17.7 Å². The Bertz CT molecular complexity index is 1700. The van der Waals surface area contributed by atoms with Crippen LogP contribution >= 0.6 is 23.2 Å². The van der Waals surface area contributed by atoms with E-state index < -0.39 is 38.0 Å². The smallest absolute Gasteiger partial charge is 0.290 e. The predicted octanol–water partition coefficient (Wildman–Crippen LogP) is 3.02. The van der Waals surface area contributed by atoms with Crippen molar-refractivity contribution >= 4 is 57.0 Å². The molecule has 250 valence electrons. The average Bonchev–Trinajstić information content (AvgIpc) is 3.96. The van der Waals surface area contributed by atoms with E-state index in [-0.39, 0.29) is 35.3 Å². The molecule has 15 heteroatoms. The van der Waals surface area contributed by atoms with Gasteiger partial charge in [-0.15, -0.1) is 0 Å². The zero-order valence-electron chi connectivity index (χ0n) is 25.6. The molecule has 3 aliphatic carbocycles. The minimum atomic E-state index is -4.02. The standard InChI is InChI=1S/C31H34Cl2N6O4S.CH2O2/c32-24-15-22(38-13-11-37(12-14-38)21-2-3-21)4-5-26(24)44(42,43)23-16-25(28(40)36-30(19-34)7-8-30)39(18-23)29(41)31(9-10-31)20-1-6-27(33)35-17-20;2-1-3/h1,4-6,15,17,21,23,25H,2-3,7-14,16,18H2,(H,36,40);1H,(H,2,3)/t23-,25+;/m1./s1. The van der Waals surface area contributed by atoms with E-state index in [2.05, 4.69) is 26.2 Å². The summed E-state index contributed by atoms with van der Waals surface area (Å²) in [5.74, 6) is -0.819. The van der Waals surface area contributed by atoms with E-state index in [9.17, 15) is 23.3 Å². The first-order valence-corrected chi connectivity index (χ1v) is 18.0. The van der Waals surface area contributed by atoms with Crippen LogP contribution in [-0.2, 0) is 29.6 Å². The van der Waals surface area contributed by atoms with Crippen molar-refractivity contribution in [1.82, 2.24) is 20.1 Å². The van der Waals surface area contributed by atoms with Gasteiger partial charge in [0.05, 0.1) is 26.7 Å². The number of carbonyl (C=O) groups is 3. The molecule has 2 atom stereocenters. The lowest BCUT2D eigenvalue weighted by molar-refractivity contribution is -0.140. The van der Waals surface area contributed by atoms with Gasteiger partial charge in [0.1, 0.15) is 16.7 Å². The van der Waals surface area contributed by atoms with Crippen LogP contribution in [0.3, 0.4) is 0 Å². The number of likely N-dealkylation sites (tertiary alicyclic amines) is 1. The van der Waals surface area contributed by atoms with Crippen molar-refractivity contribution in [3.63, 3.8) is 0 Å². The molecular weight excluding hydrogens is 667 g/mol. The van der Waals surface area contributed by atoms with Crippen molar-refractivity contribution in [2.45, 2.75) is 78.1 Å². The summed E-state index contributed by atoms with van der Waals surface area (Å²) in [5.41, 5.74) is -0.277. The van der Waals surface area contributed by atoms with Crippen LogP contribution in [0, 0.1) is 11.3 Å². The number of piperazine rings is 1. The Morgan fingerprint density at radius 3 is 2.28 bits per heavy atom. The van der Waals surface area contributed by atoms with Gasteiger partial charge in [0.2, 0.25) is 11.8 Å². The Labute approximate surface area is 283 Å². The number of carbonyl (C=O) groups excluding carboxylic acids is 2. The summed E-state index contributed by atoms with van der Waals surface area (Å²) in [6.07, 6.45) is 6.17. The van der Waals surface area contributed by atoms with Crippen LogP contribution in [0.2, 0.25) is 10.2 Å². The van der Waals surface area contributed by atoms with Gasteiger partial charge in [0.25, 0.3) is 6.47 Å². The third-order valence-corrected chi connectivity index (χ3v) is 12.8. The molecule has 0 unspecified atom stereocenters. The van der Waals surface area contributed by atoms with E-state index >= 15 is 0 Å². The molecule has 7 rings (SSSR count). The van der Waals surface area contributed by atoms with Crippen molar-refractivity contribution < 1.29 is 27.9 Å². The first-order valence-electron chi connectivity index (χ1n) is 15.7. The van der Waals surface area contributed by atoms with Crippen molar-refractivity contribution in [1.29, 1.82) is 5.26 Å². The second-order valence-corrected chi connectivity index (χ2v) is 16.0. The van der Waals surface area contributed by atoms with Gasteiger partial charge in [-0.3, -0.25) is 19.3 Å². The molecule has 5 fully saturated rings. The van der Waals surface area contributed by atoms with Gasteiger partial charge in [-0.25, -0.2) is 13.4 Å². The highest BCUT2D eigenvalue weighted by Crippen LogP contribution is 2.51. The number of pyridine rings is 1. The summed E-state index contributed by atoms with van der Waals surface area (Å²) in [6, 6.07) is 10.2. The fourth-order valence-corrected chi connectivity index (χ4v) is 9.12. The summed E-state index contributed by atoms with van der Waals surface area (Å²) in [7, 11) is -4.02. The Kier molecular flexibility index (Phi) is 9.17. The second kappa shape index (κ2) is 12.9. The number of hydrogen-bond acceptors (Lipinski definition) is 9. The van der Waals surface area contributed by atoms with Crippen molar-refractivity contribution in [2.75, 3.05) is 37.6 Å². The maximum atomic E-state index is 14.1. The zero-order chi connectivity index (χ0) is 33.6. The molecule has 2 aliphatic heterocycles. The zero-order valence-corrected chi connectivity index (χ0v) is 28.0. The fraction of sp³-hybridized carbons (Fsp3) is 0.531. The molecule has 2 amide bonds. The van der Waals surface area contributed by atoms with Crippen molar-refractivity contribution in [2.24, 2.45) is 0 Å². The van der Waals surface area contributed by atoms with Crippen molar-refractivity contribution in [3.8, 4) is 6.07 Å². The summed E-state index contributed by atoms with van der Waals surface area (Å²) in [6.45, 7) is 3.24. The molecule has 1 aromatic heterocycles. The molecule has 0 spiro atoms. The molecule has 0 radical (unpaired) electrons. The highest BCUT2D eigenvalue weighted by Gasteiger charge is 2.58. The molecule has 2 N–H and O–H groups in total. The molecule has 3 saturated carbocycles. The van der Waals surface area contributed by atoms with Gasteiger partial charge in [0.15, 0.2) is 9.84 Å². The number of sulfone groups is 1. The maximum Gasteiger partial charge on any atom is 0.290 e. The number of aromatic nitrogens is 1. The molecule has 3 heterocycles. The number of amides is 2. The number of nitrogens with one attached hydrogen (secondary N) is 1. The number of benzene rings is 1. The summed E-state index contributed by atoms with van der Waals surface area (Å²) >= 11 is 12.6. The lowest BCUT2D eigenvalue weighted by atomic mass is 9.95. The molecule has 2 saturated heterocycles. The highest BCUT2D eigenvalue weighted by atomic mass is 35.5. The van der Waals surface area contributed by atoms with Crippen LogP contribution in [0.5, 0.6) is 0 Å². The van der Waals surface area contributed by atoms with Gasteiger partial charge in [-0.05, 0) is 74.8 Å². The topological polar surface area (TPSA) is 164 Å².